The van der Waals surface area contributed by atoms with Crippen LogP contribution in [0.4, 0.5) is 0 Å². The molecule has 0 radical (unpaired) electrons. The summed E-state index contributed by atoms with van der Waals surface area (Å²) in [6.45, 7) is 11.0. The van der Waals surface area contributed by atoms with Gasteiger partial charge < -0.3 is 10.1 Å². The summed E-state index contributed by atoms with van der Waals surface area (Å²) in [5.41, 5.74) is 1.06. The molecular weight excluding hydrogens is 274 g/mol. The first-order chi connectivity index (χ1) is 9.69. The fraction of sp³-hybridized carbons (Fsp3) is 0.800. The highest BCUT2D eigenvalue weighted by Crippen LogP contribution is 2.29. The van der Waals surface area contributed by atoms with Gasteiger partial charge in [0.25, 0.3) is 0 Å². The number of likely N-dealkylation sites (N-methyl/N-ethyl adjacent to an activating group) is 1. The number of rotatable bonds is 10. The molecule has 5 heteroatoms. The van der Waals surface area contributed by atoms with E-state index in [2.05, 4.69) is 31.2 Å². The minimum absolute atomic E-state index is 0.0986. The molecule has 0 aliphatic heterocycles. The van der Waals surface area contributed by atoms with Crippen LogP contribution in [0.2, 0.25) is 5.02 Å². The van der Waals surface area contributed by atoms with E-state index in [-0.39, 0.29) is 12.1 Å². The highest BCUT2D eigenvalue weighted by molar-refractivity contribution is 6.31. The molecule has 0 aliphatic rings. The van der Waals surface area contributed by atoms with E-state index in [1.54, 1.807) is 6.20 Å². The highest BCUT2D eigenvalue weighted by Gasteiger charge is 2.27. The largest absolute Gasteiger partial charge is 0.376 e. The van der Waals surface area contributed by atoms with Crippen LogP contribution in [0, 0.1) is 0 Å². The van der Waals surface area contributed by atoms with E-state index >= 15 is 0 Å². The normalized spacial score (nSPS) is 14.4. The van der Waals surface area contributed by atoms with Crippen LogP contribution >= 0.6 is 11.6 Å². The average Bonchev–Trinajstić information content (AvgIpc) is 2.78. The van der Waals surface area contributed by atoms with Crippen LogP contribution in [-0.2, 0) is 11.3 Å². The molecule has 2 atom stereocenters. The second-order valence-electron chi connectivity index (χ2n) is 4.92. The van der Waals surface area contributed by atoms with Gasteiger partial charge in [-0.25, -0.2) is 0 Å². The monoisotopic (exact) mass is 301 g/mol. The minimum Gasteiger partial charge on any atom is -0.376 e. The molecule has 1 rings (SSSR count). The highest BCUT2D eigenvalue weighted by atomic mass is 35.5. The Morgan fingerprint density at radius 2 is 2.05 bits per heavy atom. The summed E-state index contributed by atoms with van der Waals surface area (Å²) in [4.78, 5) is 0. The number of aromatic nitrogens is 2. The zero-order valence-electron chi connectivity index (χ0n) is 13.2. The van der Waals surface area contributed by atoms with Gasteiger partial charge in [0.05, 0.1) is 29.1 Å². The summed E-state index contributed by atoms with van der Waals surface area (Å²) >= 11 is 6.38. The molecule has 20 heavy (non-hydrogen) atoms. The Morgan fingerprint density at radius 1 is 1.30 bits per heavy atom. The van der Waals surface area contributed by atoms with Crippen molar-refractivity contribution in [1.82, 2.24) is 15.1 Å². The Hall–Kier alpha value is -0.580. The lowest BCUT2D eigenvalue weighted by Crippen LogP contribution is -2.36. The Bertz CT molecular complexity index is 375. The number of hydrogen-bond acceptors (Lipinski definition) is 3. The maximum atomic E-state index is 6.38. The third kappa shape index (κ3) is 4.47. The van der Waals surface area contributed by atoms with Gasteiger partial charge in [-0.15, -0.1) is 0 Å². The molecule has 4 nitrogen and oxygen atoms in total. The van der Waals surface area contributed by atoms with Crippen molar-refractivity contribution in [3.05, 3.63) is 16.9 Å². The molecule has 1 heterocycles. The van der Waals surface area contributed by atoms with Crippen LogP contribution in [0.25, 0.3) is 0 Å². The number of aryl methyl sites for hydroxylation is 1. The predicted molar refractivity (Wildman–Crippen MR) is 84.3 cm³/mol. The van der Waals surface area contributed by atoms with E-state index in [0.717, 1.165) is 43.1 Å². The maximum absolute atomic E-state index is 6.38. The lowest BCUT2D eigenvalue weighted by Gasteiger charge is -2.28. The van der Waals surface area contributed by atoms with Crippen LogP contribution in [0.15, 0.2) is 6.20 Å². The van der Waals surface area contributed by atoms with Crippen molar-refractivity contribution in [2.75, 3.05) is 13.2 Å². The zero-order valence-corrected chi connectivity index (χ0v) is 13.9. The predicted octanol–water partition coefficient (Wildman–Crippen LogP) is 3.80. The summed E-state index contributed by atoms with van der Waals surface area (Å²) in [5.74, 6) is 0. The number of halogens is 1. The van der Waals surface area contributed by atoms with Crippen molar-refractivity contribution < 1.29 is 4.74 Å². The number of hydrogen-bond donors (Lipinski definition) is 1. The molecule has 0 saturated carbocycles. The molecule has 116 valence electrons. The summed E-state index contributed by atoms with van der Waals surface area (Å²) in [6.07, 6.45) is 5.02. The third-order valence-electron chi connectivity index (χ3n) is 3.31. The molecule has 2 unspecified atom stereocenters. The zero-order chi connectivity index (χ0) is 15.0. The van der Waals surface area contributed by atoms with Crippen molar-refractivity contribution in [1.29, 1.82) is 0 Å². The third-order valence-corrected chi connectivity index (χ3v) is 3.60. The minimum atomic E-state index is 0.0986. The van der Waals surface area contributed by atoms with Gasteiger partial charge in [-0.3, -0.25) is 4.68 Å². The molecule has 0 fully saturated rings. The van der Waals surface area contributed by atoms with E-state index in [1.807, 2.05) is 11.6 Å². The molecule has 0 spiro atoms. The van der Waals surface area contributed by atoms with Gasteiger partial charge in [-0.1, -0.05) is 38.8 Å². The molecule has 1 aromatic rings. The van der Waals surface area contributed by atoms with E-state index in [9.17, 15) is 0 Å². The van der Waals surface area contributed by atoms with Crippen LogP contribution in [0.3, 0.4) is 0 Å². The molecule has 0 aromatic carbocycles. The van der Waals surface area contributed by atoms with Gasteiger partial charge in [-0.05, 0) is 26.3 Å². The summed E-state index contributed by atoms with van der Waals surface area (Å²) < 4.78 is 7.96. The summed E-state index contributed by atoms with van der Waals surface area (Å²) in [5, 5.41) is 8.65. The lowest BCUT2D eigenvalue weighted by atomic mass is 10.0. The van der Waals surface area contributed by atoms with Crippen molar-refractivity contribution in [3.8, 4) is 0 Å². The van der Waals surface area contributed by atoms with Crippen LogP contribution in [0.5, 0.6) is 0 Å². The van der Waals surface area contributed by atoms with Gasteiger partial charge in [0.1, 0.15) is 0 Å². The fourth-order valence-electron chi connectivity index (χ4n) is 2.54. The molecule has 1 aromatic heterocycles. The Balaban J connectivity index is 3.06. The van der Waals surface area contributed by atoms with Crippen LogP contribution in [-0.4, -0.2) is 29.0 Å². The van der Waals surface area contributed by atoms with E-state index in [0.29, 0.717) is 6.61 Å². The van der Waals surface area contributed by atoms with Gasteiger partial charge in [0, 0.05) is 13.2 Å². The van der Waals surface area contributed by atoms with Crippen molar-refractivity contribution in [2.24, 2.45) is 0 Å². The summed E-state index contributed by atoms with van der Waals surface area (Å²) in [7, 11) is 0. The van der Waals surface area contributed by atoms with Gasteiger partial charge in [0.15, 0.2) is 0 Å². The SMILES string of the molecule is CCCC(OCC)C(NCC)c1c(Cl)cnn1CCC. The first-order valence-corrected chi connectivity index (χ1v) is 8.13. The quantitative estimate of drug-likeness (QED) is 0.714. The number of nitrogens with zero attached hydrogens (tertiary/aromatic N) is 2. The fourth-order valence-corrected chi connectivity index (χ4v) is 2.80. The topological polar surface area (TPSA) is 39.1 Å². The summed E-state index contributed by atoms with van der Waals surface area (Å²) in [6, 6.07) is 0.0986. The van der Waals surface area contributed by atoms with E-state index in [4.69, 9.17) is 16.3 Å². The lowest BCUT2D eigenvalue weighted by molar-refractivity contribution is 0.0257. The Kier molecular flexibility index (Phi) is 8.19. The molecule has 1 N–H and O–H groups in total. The standard InChI is InChI=1S/C15H28ClN3O/c1-5-9-13(20-8-4)14(17-7-3)15-12(16)11-18-19(15)10-6-2/h11,13-14,17H,5-10H2,1-4H3. The second kappa shape index (κ2) is 9.37. The number of nitrogens with one attached hydrogen (secondary N) is 1. The van der Waals surface area contributed by atoms with E-state index in [1.165, 1.54) is 0 Å². The van der Waals surface area contributed by atoms with Crippen molar-refractivity contribution in [2.45, 2.75) is 65.6 Å². The molecule has 0 amide bonds. The van der Waals surface area contributed by atoms with E-state index < -0.39 is 0 Å². The molecular formula is C15H28ClN3O. The van der Waals surface area contributed by atoms with Gasteiger partial charge in [-0.2, -0.15) is 5.10 Å². The molecule has 0 saturated heterocycles. The maximum Gasteiger partial charge on any atom is 0.0835 e. The molecule has 0 bridgehead atoms. The average molecular weight is 302 g/mol. The van der Waals surface area contributed by atoms with Crippen molar-refractivity contribution in [3.63, 3.8) is 0 Å². The smallest absolute Gasteiger partial charge is 0.0835 e. The van der Waals surface area contributed by atoms with Crippen molar-refractivity contribution >= 4 is 11.6 Å². The van der Waals surface area contributed by atoms with Crippen LogP contribution < -0.4 is 5.32 Å². The second-order valence-corrected chi connectivity index (χ2v) is 5.33. The van der Waals surface area contributed by atoms with Gasteiger partial charge >= 0.3 is 0 Å². The van der Waals surface area contributed by atoms with Crippen LogP contribution in [0.1, 0.15) is 58.7 Å². The first kappa shape index (κ1) is 17.5. The molecule has 0 aliphatic carbocycles. The number of ether oxygens (including phenoxy) is 1. The van der Waals surface area contributed by atoms with Gasteiger partial charge in [0.2, 0.25) is 0 Å². The first-order valence-electron chi connectivity index (χ1n) is 7.75. The Morgan fingerprint density at radius 3 is 2.60 bits per heavy atom. The Labute approximate surface area is 127 Å².